The van der Waals surface area contributed by atoms with E-state index in [1.165, 1.54) is 0 Å². The summed E-state index contributed by atoms with van der Waals surface area (Å²) in [6.45, 7) is 1.82. The van der Waals surface area contributed by atoms with Gasteiger partial charge in [-0.25, -0.2) is 0 Å². The fraction of sp³-hybridized carbons (Fsp3) is 0.800. The number of alkyl halides is 5. The molecule has 0 amide bonds. The third-order valence-electron chi connectivity index (χ3n) is 1.46. The molecule has 1 aromatic heterocycles. The van der Waals surface area contributed by atoms with Gasteiger partial charge in [0.05, 0.1) is 0 Å². The molecule has 0 N–H and O–H groups in total. The summed E-state index contributed by atoms with van der Waals surface area (Å²) in [6, 6.07) is 0. The summed E-state index contributed by atoms with van der Waals surface area (Å²) in [5.74, 6) is 0.432. The van der Waals surface area contributed by atoms with Gasteiger partial charge in [-0.1, -0.05) is 64.9 Å². The summed E-state index contributed by atoms with van der Waals surface area (Å²) >= 11 is 28.5. The van der Waals surface area contributed by atoms with E-state index >= 15 is 0 Å². The van der Waals surface area contributed by atoms with Gasteiger partial charge < -0.3 is 0 Å². The molecule has 1 heterocycles. The van der Waals surface area contributed by atoms with Crippen LogP contribution in [0, 0.1) is 0 Å². The molecule has 0 aliphatic rings. The Morgan fingerprint density at radius 2 is 1.79 bits per heavy atom. The van der Waals surface area contributed by atoms with Crippen LogP contribution in [-0.4, -0.2) is 24.0 Å². The van der Waals surface area contributed by atoms with Crippen molar-refractivity contribution in [3.05, 3.63) is 5.82 Å². The van der Waals surface area contributed by atoms with Crippen LogP contribution in [-0.2, 0) is 10.9 Å². The molecule has 9 heteroatoms. The number of hydrogen-bond donors (Lipinski definition) is 0. The van der Waals surface area contributed by atoms with Crippen molar-refractivity contribution < 1.29 is 0 Å². The quantitative estimate of drug-likeness (QED) is 0.789. The maximum atomic E-state index is 5.85. The minimum absolute atomic E-state index is 0.432. The van der Waals surface area contributed by atoms with Gasteiger partial charge in [-0.15, -0.1) is 5.10 Å². The molecule has 14 heavy (non-hydrogen) atoms. The Morgan fingerprint density at radius 3 is 2.21 bits per heavy atom. The van der Waals surface area contributed by atoms with Gasteiger partial charge in [-0.3, -0.25) is 0 Å². The first kappa shape index (κ1) is 12.6. The predicted molar refractivity (Wildman–Crippen MR) is 57.2 cm³/mol. The van der Waals surface area contributed by atoms with Crippen LogP contribution >= 0.6 is 58.0 Å². The molecule has 0 aromatic carbocycles. The van der Waals surface area contributed by atoms with Crippen molar-refractivity contribution in [2.24, 2.45) is 0 Å². The van der Waals surface area contributed by atoms with Crippen LogP contribution in [0.2, 0.25) is 0 Å². The number of rotatable bonds is 2. The van der Waals surface area contributed by atoms with Crippen molar-refractivity contribution in [3.63, 3.8) is 0 Å². The molecule has 0 atom stereocenters. The molecular formula is C5H5Cl5N4. The van der Waals surface area contributed by atoms with E-state index in [4.69, 9.17) is 58.0 Å². The van der Waals surface area contributed by atoms with Gasteiger partial charge in [-0.2, -0.15) is 4.68 Å². The SMILES string of the molecule is CCc1nnnn1C(Cl)(Cl)C(Cl)(Cl)Cl. The molecule has 4 nitrogen and oxygen atoms in total. The van der Waals surface area contributed by atoms with Crippen molar-refractivity contribution >= 4 is 58.0 Å². The van der Waals surface area contributed by atoms with Crippen molar-refractivity contribution in [1.29, 1.82) is 0 Å². The first-order chi connectivity index (χ1) is 6.30. The topological polar surface area (TPSA) is 43.6 Å². The largest absolute Gasteiger partial charge is 0.259 e. The van der Waals surface area contributed by atoms with Gasteiger partial charge in [-0.05, 0) is 10.4 Å². The Balaban J connectivity index is 3.16. The maximum absolute atomic E-state index is 5.85. The van der Waals surface area contributed by atoms with Gasteiger partial charge in [0, 0.05) is 6.42 Å². The molecule has 0 aliphatic heterocycles. The second-order valence-electron chi connectivity index (χ2n) is 2.40. The van der Waals surface area contributed by atoms with Gasteiger partial charge in [0.1, 0.15) is 0 Å². The van der Waals surface area contributed by atoms with Gasteiger partial charge in [0.2, 0.25) is 3.79 Å². The Kier molecular flexibility index (Phi) is 3.76. The predicted octanol–water partition coefficient (Wildman–Crippen LogP) is 2.69. The first-order valence-corrected chi connectivity index (χ1v) is 5.42. The van der Waals surface area contributed by atoms with E-state index in [1.807, 2.05) is 6.92 Å². The zero-order valence-corrected chi connectivity index (χ0v) is 10.7. The highest BCUT2D eigenvalue weighted by Gasteiger charge is 2.50. The maximum Gasteiger partial charge on any atom is 0.259 e. The van der Waals surface area contributed by atoms with Gasteiger partial charge in [0.15, 0.2) is 5.82 Å². The Morgan fingerprint density at radius 1 is 1.21 bits per heavy atom. The summed E-state index contributed by atoms with van der Waals surface area (Å²) in [5, 5.41) is 10.6. The third kappa shape index (κ3) is 2.19. The molecule has 0 saturated heterocycles. The molecule has 0 saturated carbocycles. The number of hydrogen-bond acceptors (Lipinski definition) is 3. The van der Waals surface area contributed by atoms with E-state index in [0.29, 0.717) is 12.2 Å². The first-order valence-electron chi connectivity index (χ1n) is 3.53. The second-order valence-corrected chi connectivity index (χ2v) is 5.97. The molecule has 0 aliphatic carbocycles. The molecule has 1 aromatic rings. The molecule has 80 valence electrons. The summed E-state index contributed by atoms with van der Waals surface area (Å²) in [4.78, 5) is 0. The van der Waals surface area contributed by atoms with Crippen LogP contribution in [0.3, 0.4) is 0 Å². The summed E-state index contributed by atoms with van der Waals surface area (Å²) in [5.41, 5.74) is 0. The van der Waals surface area contributed by atoms with Crippen LogP contribution < -0.4 is 0 Å². The second kappa shape index (κ2) is 4.18. The highest BCUT2D eigenvalue weighted by Crippen LogP contribution is 2.49. The number of halogens is 5. The molecule has 0 radical (unpaired) electrons. The van der Waals surface area contributed by atoms with E-state index in [0.717, 1.165) is 4.68 Å². The van der Waals surface area contributed by atoms with Crippen molar-refractivity contribution in [3.8, 4) is 0 Å². The molecule has 0 fully saturated rings. The minimum Gasteiger partial charge on any atom is -0.189 e. The zero-order chi connectivity index (χ0) is 11.0. The smallest absolute Gasteiger partial charge is 0.189 e. The lowest BCUT2D eigenvalue weighted by atomic mass is 10.4. The highest BCUT2D eigenvalue weighted by molar-refractivity contribution is 6.74. The highest BCUT2D eigenvalue weighted by atomic mass is 35.6. The summed E-state index contributed by atoms with van der Waals surface area (Å²) in [7, 11) is 0. The lowest BCUT2D eigenvalue weighted by Crippen LogP contribution is -2.37. The standard InChI is InChI=1S/C5H5Cl5N4/c1-2-3-11-12-13-14(3)5(9,10)4(6,7)8/h2H2,1H3. The molecule has 1 rings (SSSR count). The summed E-state index contributed by atoms with van der Waals surface area (Å²) < 4.78 is -2.68. The Hall–Kier alpha value is 0.520. The van der Waals surface area contributed by atoms with E-state index < -0.39 is 8.25 Å². The van der Waals surface area contributed by atoms with E-state index in [2.05, 4.69) is 15.5 Å². The number of aryl methyl sites for hydroxylation is 1. The zero-order valence-electron chi connectivity index (χ0n) is 6.89. The Labute approximate surface area is 105 Å². The van der Waals surface area contributed by atoms with E-state index in [1.54, 1.807) is 0 Å². The lowest BCUT2D eigenvalue weighted by molar-refractivity contribution is 0.501. The van der Waals surface area contributed by atoms with Gasteiger partial charge >= 0.3 is 0 Å². The normalized spacial score (nSPS) is 13.3. The van der Waals surface area contributed by atoms with Crippen LogP contribution in [0.5, 0.6) is 0 Å². The number of tetrazole rings is 1. The average Bonchev–Trinajstić information content (AvgIpc) is 2.49. The lowest BCUT2D eigenvalue weighted by Gasteiger charge is -2.27. The minimum atomic E-state index is -1.92. The van der Waals surface area contributed by atoms with E-state index in [-0.39, 0.29) is 0 Å². The van der Waals surface area contributed by atoms with Crippen LogP contribution in [0.1, 0.15) is 12.7 Å². The van der Waals surface area contributed by atoms with E-state index in [9.17, 15) is 0 Å². The molecule has 0 unspecified atom stereocenters. The summed E-state index contributed by atoms with van der Waals surface area (Å²) in [6.07, 6.45) is 0.523. The number of nitrogens with zero attached hydrogens (tertiary/aromatic N) is 4. The van der Waals surface area contributed by atoms with Crippen molar-refractivity contribution in [2.45, 2.75) is 21.6 Å². The van der Waals surface area contributed by atoms with Crippen molar-refractivity contribution in [2.75, 3.05) is 0 Å². The van der Waals surface area contributed by atoms with Crippen LogP contribution in [0.25, 0.3) is 0 Å². The monoisotopic (exact) mass is 296 g/mol. The fourth-order valence-electron chi connectivity index (χ4n) is 0.764. The van der Waals surface area contributed by atoms with Crippen LogP contribution in [0.4, 0.5) is 0 Å². The molecular weight excluding hydrogens is 293 g/mol. The average molecular weight is 298 g/mol. The number of aromatic nitrogens is 4. The third-order valence-corrected chi connectivity index (χ3v) is 3.75. The van der Waals surface area contributed by atoms with Gasteiger partial charge in [0.25, 0.3) is 4.46 Å². The Bertz CT molecular complexity index is 316. The van der Waals surface area contributed by atoms with Crippen molar-refractivity contribution in [1.82, 2.24) is 20.2 Å². The fourth-order valence-corrected chi connectivity index (χ4v) is 1.27. The molecule has 0 spiro atoms. The molecule has 0 bridgehead atoms. The van der Waals surface area contributed by atoms with Crippen LogP contribution in [0.15, 0.2) is 0 Å².